The molecule has 0 rings (SSSR count). The van der Waals surface area contributed by atoms with Crippen LogP contribution in [0.15, 0.2) is 0 Å². The summed E-state index contributed by atoms with van der Waals surface area (Å²) < 4.78 is 0. The second-order valence-electron chi connectivity index (χ2n) is 2.14. The van der Waals surface area contributed by atoms with Crippen LogP contribution in [0.5, 0.6) is 0 Å². The molecule has 10 heteroatoms. The highest BCUT2D eigenvalue weighted by molar-refractivity contribution is 4.03. The van der Waals surface area contributed by atoms with E-state index in [1.165, 1.54) is 21.1 Å². The first-order valence-corrected chi connectivity index (χ1v) is 3.39. The molecule has 0 aromatic carbocycles. The molecule has 0 saturated carbocycles. The molecular weight excluding hydrogens is 182 g/mol. The summed E-state index contributed by atoms with van der Waals surface area (Å²) in [6.45, 7) is 0. The van der Waals surface area contributed by atoms with Crippen molar-refractivity contribution in [3.05, 3.63) is 5.21 Å². The first-order chi connectivity index (χ1) is 5.93. The van der Waals surface area contributed by atoms with E-state index in [0.717, 1.165) is 5.12 Å². The fourth-order valence-electron chi connectivity index (χ4n) is 0.278. The van der Waals surface area contributed by atoms with Crippen LogP contribution in [0.1, 0.15) is 0 Å². The maximum Gasteiger partial charge on any atom is 0.0871 e. The molecule has 0 aliphatic carbocycles. The summed E-state index contributed by atoms with van der Waals surface area (Å²) in [5.74, 6) is 10.3. The second kappa shape index (κ2) is 5.36. The van der Waals surface area contributed by atoms with Gasteiger partial charge < -0.3 is 5.21 Å². The van der Waals surface area contributed by atoms with Crippen LogP contribution in [-0.4, -0.2) is 31.2 Å². The maximum absolute atomic E-state index is 10.9. The van der Waals surface area contributed by atoms with Gasteiger partial charge in [-0.15, -0.1) is 11.7 Å². The molecule has 80 valence electrons. The van der Waals surface area contributed by atoms with Gasteiger partial charge in [-0.05, 0) is 0 Å². The van der Waals surface area contributed by atoms with Crippen LogP contribution in [0.25, 0.3) is 0 Å². The number of nitrogens with two attached hydrogens (primary N) is 2. The lowest BCUT2D eigenvalue weighted by Crippen LogP contribution is -3.14. The summed E-state index contributed by atoms with van der Waals surface area (Å²) in [4.78, 5) is 7.47. The predicted octanol–water partition coefficient (Wildman–Crippen LogP) is -4.17. The van der Waals surface area contributed by atoms with E-state index in [-0.39, 0.29) is 0 Å². The highest BCUT2D eigenvalue weighted by atomic mass is 17.4. The summed E-state index contributed by atoms with van der Waals surface area (Å²) in [5, 5.41) is 11.2. The van der Waals surface area contributed by atoms with E-state index in [0.29, 0.717) is 0 Å². The Morgan fingerprint density at radius 1 is 1.46 bits per heavy atom. The molecule has 0 spiro atoms. The lowest BCUT2D eigenvalue weighted by molar-refractivity contribution is -1.32. The third-order valence-corrected chi connectivity index (χ3v) is 1.19. The minimum atomic E-state index is -1.08. The van der Waals surface area contributed by atoms with Gasteiger partial charge in [-0.1, -0.05) is 15.9 Å². The monoisotopic (exact) mass is 198 g/mol. The van der Waals surface area contributed by atoms with Crippen molar-refractivity contribution in [2.45, 2.75) is 0 Å². The smallest absolute Gasteiger partial charge is 0.0871 e. The van der Waals surface area contributed by atoms with E-state index in [4.69, 9.17) is 11.7 Å². The topological polar surface area (TPSA) is 125 Å². The molecule has 0 saturated heterocycles. The van der Waals surface area contributed by atoms with Crippen molar-refractivity contribution in [1.29, 1.82) is 0 Å². The summed E-state index contributed by atoms with van der Waals surface area (Å²) in [5.41, 5.74) is 4.80. The van der Waals surface area contributed by atoms with E-state index < -0.39 is 10.3 Å². The zero-order valence-corrected chi connectivity index (χ0v) is 7.77. The first-order valence-electron chi connectivity index (χ1n) is 3.39. The highest BCUT2D eigenvalue weighted by Gasteiger charge is 2.22. The molecule has 0 radical (unpaired) electrons. The van der Waals surface area contributed by atoms with Crippen LogP contribution in [0.4, 0.5) is 0 Å². The van der Waals surface area contributed by atoms with E-state index in [2.05, 4.69) is 20.8 Å². The van der Waals surface area contributed by atoms with Gasteiger partial charge in [-0.25, -0.2) is 5.43 Å². The quantitative estimate of drug-likeness (QED) is 0.126. The summed E-state index contributed by atoms with van der Waals surface area (Å²) >= 11 is 0. The summed E-state index contributed by atoms with van der Waals surface area (Å²) in [6.07, 6.45) is 0. The molecule has 13 heavy (non-hydrogen) atoms. The molecule has 0 heterocycles. The molecule has 0 fully saturated rings. The minimum absolute atomic E-state index is 0.781. The standard InChI is InChI=1S/C3H16N7O3/c1-6-8(3)9(11)12-13-10(4,5)7-2/h6-7,9H,4-5H2,1-3H3/q+1. The Morgan fingerprint density at radius 2 is 2.00 bits per heavy atom. The van der Waals surface area contributed by atoms with Crippen molar-refractivity contribution >= 4 is 0 Å². The van der Waals surface area contributed by atoms with E-state index >= 15 is 0 Å². The summed E-state index contributed by atoms with van der Waals surface area (Å²) in [6, 6.07) is 0. The van der Waals surface area contributed by atoms with Gasteiger partial charge in [-0.3, -0.25) is 0 Å². The van der Waals surface area contributed by atoms with Gasteiger partial charge in [0.05, 0.1) is 17.0 Å². The van der Waals surface area contributed by atoms with Gasteiger partial charge in [0.1, 0.15) is 0 Å². The predicted molar refractivity (Wildman–Crippen MR) is 41.0 cm³/mol. The molecule has 1 unspecified atom stereocenters. The Bertz CT molecular complexity index is 143. The van der Waals surface area contributed by atoms with Crippen LogP contribution in [-0.2, 0) is 9.98 Å². The molecule has 0 bridgehead atoms. The van der Waals surface area contributed by atoms with E-state index in [9.17, 15) is 5.21 Å². The maximum atomic E-state index is 10.9. The SMILES string of the molecule is CNN(C)[NH+]([O-])OO[N+](N)(N)NC. The van der Waals surface area contributed by atoms with Crippen LogP contribution < -0.4 is 27.9 Å². The Labute approximate surface area is 75.4 Å². The lowest BCUT2D eigenvalue weighted by atomic mass is 11.3. The molecule has 0 amide bonds. The average Bonchev–Trinajstić information content (AvgIpc) is 2.13. The van der Waals surface area contributed by atoms with Crippen LogP contribution in [0.3, 0.4) is 0 Å². The van der Waals surface area contributed by atoms with Gasteiger partial charge in [0.15, 0.2) is 0 Å². The van der Waals surface area contributed by atoms with Crippen LogP contribution in [0.2, 0.25) is 0 Å². The van der Waals surface area contributed by atoms with Crippen LogP contribution in [0, 0.1) is 5.21 Å². The van der Waals surface area contributed by atoms with Crippen molar-refractivity contribution in [3.8, 4) is 0 Å². The minimum Gasteiger partial charge on any atom is -0.576 e. The normalized spacial score (nSPS) is 15.0. The Kier molecular flexibility index (Phi) is 5.19. The van der Waals surface area contributed by atoms with Crippen LogP contribution >= 0.6 is 0 Å². The Morgan fingerprint density at radius 3 is 2.38 bits per heavy atom. The van der Waals surface area contributed by atoms with Gasteiger partial charge in [0, 0.05) is 19.1 Å². The highest BCUT2D eigenvalue weighted by Crippen LogP contribution is 1.78. The van der Waals surface area contributed by atoms with Gasteiger partial charge >= 0.3 is 0 Å². The number of nitrogens with one attached hydrogen (secondary N) is 3. The number of quaternary nitrogens is 2. The molecule has 0 aromatic rings. The Balaban J connectivity index is 3.75. The van der Waals surface area contributed by atoms with Gasteiger partial charge in [-0.2, -0.15) is 0 Å². The molecule has 0 aliphatic rings. The van der Waals surface area contributed by atoms with E-state index in [1.54, 1.807) is 0 Å². The number of hydrazine groups is 1. The van der Waals surface area contributed by atoms with Crippen molar-refractivity contribution in [1.82, 2.24) is 16.0 Å². The average molecular weight is 198 g/mol. The second-order valence-corrected chi connectivity index (χ2v) is 2.14. The molecule has 10 nitrogen and oxygen atoms in total. The number of hydrogen-bond donors (Lipinski definition) is 5. The van der Waals surface area contributed by atoms with Gasteiger partial charge in [0.2, 0.25) is 0 Å². The first kappa shape index (κ1) is 12.6. The van der Waals surface area contributed by atoms with E-state index in [1.807, 2.05) is 0 Å². The number of rotatable bonds is 6. The molecule has 1 atom stereocenters. The largest absolute Gasteiger partial charge is 0.576 e. The van der Waals surface area contributed by atoms with Crippen molar-refractivity contribution in [3.63, 3.8) is 0 Å². The third-order valence-electron chi connectivity index (χ3n) is 1.19. The van der Waals surface area contributed by atoms with Crippen molar-refractivity contribution in [2.24, 2.45) is 11.7 Å². The molecule has 0 aliphatic heterocycles. The fourth-order valence-corrected chi connectivity index (χ4v) is 0.278. The van der Waals surface area contributed by atoms with Crippen molar-refractivity contribution < 1.29 is 20.3 Å². The fraction of sp³-hybridized carbons (Fsp3) is 1.00. The zero-order chi connectivity index (χ0) is 10.5. The number of hydrogen-bond acceptors (Lipinski definition) is 8. The number of nitrogens with zero attached hydrogens (tertiary/aromatic N) is 2. The van der Waals surface area contributed by atoms with Crippen molar-refractivity contribution in [2.75, 3.05) is 21.1 Å². The van der Waals surface area contributed by atoms with Gasteiger partial charge in [0.25, 0.3) is 0 Å². The lowest BCUT2D eigenvalue weighted by Gasteiger charge is -2.26. The third kappa shape index (κ3) is 5.02. The molecule has 0 aromatic heterocycles. The molecular formula is C3H16N7O3+. The molecule has 7 N–H and O–H groups in total. The zero-order valence-electron chi connectivity index (χ0n) is 7.77. The Hall–Kier alpha value is -0.400. The summed E-state index contributed by atoms with van der Waals surface area (Å²) in [7, 11) is 4.40.